The van der Waals surface area contributed by atoms with Crippen LogP contribution in [0.3, 0.4) is 0 Å². The van der Waals surface area contributed by atoms with Crippen molar-refractivity contribution in [3.8, 4) is 5.69 Å². The fourth-order valence-corrected chi connectivity index (χ4v) is 2.97. The van der Waals surface area contributed by atoms with E-state index in [2.05, 4.69) is 15.5 Å². The Morgan fingerprint density at radius 2 is 1.91 bits per heavy atom. The number of halogens is 3. The van der Waals surface area contributed by atoms with Gasteiger partial charge in [0, 0.05) is 23.9 Å². The number of amides is 1. The van der Waals surface area contributed by atoms with Crippen molar-refractivity contribution in [2.75, 3.05) is 11.9 Å². The SMILES string of the molecule is Cc1cc(=O)c(C(=O)OCC(=O)Nc2ccnn2C(C)C)nn1-c1cccc(C(F)(F)F)c1. The number of ether oxygens (including phenoxy) is 1. The quantitative estimate of drug-likeness (QED) is 0.563. The number of nitrogens with one attached hydrogen (secondary N) is 1. The Balaban J connectivity index is 1.78. The molecule has 1 aromatic carbocycles. The molecule has 0 aliphatic rings. The second-order valence-electron chi connectivity index (χ2n) is 7.34. The summed E-state index contributed by atoms with van der Waals surface area (Å²) >= 11 is 0. The zero-order valence-corrected chi connectivity index (χ0v) is 17.9. The van der Waals surface area contributed by atoms with Gasteiger partial charge in [-0.3, -0.25) is 9.59 Å². The summed E-state index contributed by atoms with van der Waals surface area (Å²) in [6.45, 7) is 4.47. The van der Waals surface area contributed by atoms with E-state index in [1.807, 2.05) is 13.8 Å². The number of hydrogen-bond acceptors (Lipinski definition) is 6. The lowest BCUT2D eigenvalue weighted by Crippen LogP contribution is -2.27. The summed E-state index contributed by atoms with van der Waals surface area (Å²) in [5.74, 6) is -1.46. The molecule has 12 heteroatoms. The van der Waals surface area contributed by atoms with Crippen LogP contribution >= 0.6 is 0 Å². The molecule has 0 spiro atoms. The van der Waals surface area contributed by atoms with Crippen LogP contribution in [-0.2, 0) is 15.7 Å². The number of benzene rings is 1. The fourth-order valence-electron chi connectivity index (χ4n) is 2.97. The molecule has 0 atom stereocenters. The molecular weight excluding hydrogens is 443 g/mol. The Bertz CT molecular complexity index is 1250. The fraction of sp³-hybridized carbons (Fsp3) is 0.286. The summed E-state index contributed by atoms with van der Waals surface area (Å²) in [6.07, 6.45) is -3.09. The van der Waals surface area contributed by atoms with E-state index in [1.54, 1.807) is 10.7 Å². The number of esters is 1. The van der Waals surface area contributed by atoms with E-state index in [1.165, 1.54) is 25.3 Å². The highest BCUT2D eigenvalue weighted by atomic mass is 19.4. The van der Waals surface area contributed by atoms with Crippen LogP contribution in [0.4, 0.5) is 19.0 Å². The number of anilines is 1. The number of rotatable bonds is 6. The van der Waals surface area contributed by atoms with Gasteiger partial charge < -0.3 is 10.1 Å². The van der Waals surface area contributed by atoms with Gasteiger partial charge in [-0.05, 0) is 39.0 Å². The van der Waals surface area contributed by atoms with Crippen LogP contribution in [0.5, 0.6) is 0 Å². The van der Waals surface area contributed by atoms with Crippen molar-refractivity contribution in [3.63, 3.8) is 0 Å². The molecule has 0 unspecified atom stereocenters. The third kappa shape index (κ3) is 5.45. The van der Waals surface area contributed by atoms with Crippen LogP contribution in [0, 0.1) is 6.92 Å². The molecule has 3 aromatic rings. The molecule has 0 saturated carbocycles. The summed E-state index contributed by atoms with van der Waals surface area (Å²) in [6, 6.07) is 6.84. The molecule has 0 saturated heterocycles. The van der Waals surface area contributed by atoms with Gasteiger partial charge in [-0.2, -0.15) is 23.4 Å². The molecule has 2 heterocycles. The van der Waals surface area contributed by atoms with Crippen molar-refractivity contribution in [2.24, 2.45) is 0 Å². The van der Waals surface area contributed by atoms with Gasteiger partial charge in [0.25, 0.3) is 5.91 Å². The lowest BCUT2D eigenvalue weighted by atomic mass is 10.2. The number of aryl methyl sites for hydroxylation is 1. The number of hydrogen-bond donors (Lipinski definition) is 1. The topological polar surface area (TPSA) is 108 Å². The Labute approximate surface area is 185 Å². The minimum atomic E-state index is -4.58. The van der Waals surface area contributed by atoms with E-state index in [0.717, 1.165) is 22.9 Å². The van der Waals surface area contributed by atoms with Crippen molar-refractivity contribution in [1.29, 1.82) is 0 Å². The smallest absolute Gasteiger partial charge is 0.416 e. The third-order valence-corrected chi connectivity index (χ3v) is 4.48. The first-order valence-electron chi connectivity index (χ1n) is 9.76. The standard InChI is InChI=1S/C21H20F3N5O4/c1-12(2)28-17(7-8-25-28)26-18(31)11-33-20(32)19-16(30)9-13(3)29(27-19)15-6-4-5-14(10-15)21(22,23)24/h4-10,12H,11H2,1-3H3,(H,26,31). The summed E-state index contributed by atoms with van der Waals surface area (Å²) in [7, 11) is 0. The van der Waals surface area contributed by atoms with Crippen molar-refractivity contribution in [3.05, 3.63) is 69.8 Å². The van der Waals surface area contributed by atoms with Gasteiger partial charge in [0.15, 0.2) is 6.61 Å². The first kappa shape index (κ1) is 23.7. The predicted molar refractivity (Wildman–Crippen MR) is 111 cm³/mol. The molecule has 2 aromatic heterocycles. The van der Waals surface area contributed by atoms with Crippen LogP contribution < -0.4 is 10.7 Å². The van der Waals surface area contributed by atoms with E-state index in [9.17, 15) is 27.6 Å². The molecule has 1 N–H and O–H groups in total. The Hall–Kier alpha value is -3.96. The molecule has 1 amide bonds. The van der Waals surface area contributed by atoms with Gasteiger partial charge in [-0.1, -0.05) is 6.07 Å². The van der Waals surface area contributed by atoms with E-state index in [-0.39, 0.29) is 17.4 Å². The monoisotopic (exact) mass is 463 g/mol. The first-order valence-corrected chi connectivity index (χ1v) is 9.76. The van der Waals surface area contributed by atoms with Crippen molar-refractivity contribution in [2.45, 2.75) is 33.0 Å². The summed E-state index contributed by atoms with van der Waals surface area (Å²) < 4.78 is 46.6. The lowest BCUT2D eigenvalue weighted by Gasteiger charge is -2.14. The van der Waals surface area contributed by atoms with Gasteiger partial charge in [0.2, 0.25) is 11.1 Å². The average molecular weight is 463 g/mol. The van der Waals surface area contributed by atoms with Crippen LogP contribution in [-0.4, -0.2) is 38.0 Å². The second-order valence-corrected chi connectivity index (χ2v) is 7.34. The molecular formula is C21H20F3N5O4. The summed E-state index contributed by atoms with van der Waals surface area (Å²) in [5, 5.41) is 10.5. The molecule has 0 aliphatic heterocycles. The Morgan fingerprint density at radius 3 is 2.58 bits per heavy atom. The number of nitrogens with zero attached hydrogens (tertiary/aromatic N) is 4. The molecule has 0 bridgehead atoms. The van der Waals surface area contributed by atoms with Crippen molar-refractivity contribution in [1.82, 2.24) is 19.6 Å². The van der Waals surface area contributed by atoms with Crippen LogP contribution in [0.2, 0.25) is 0 Å². The highest BCUT2D eigenvalue weighted by Gasteiger charge is 2.30. The zero-order valence-electron chi connectivity index (χ0n) is 17.9. The number of aromatic nitrogens is 4. The van der Waals surface area contributed by atoms with Crippen molar-refractivity contribution < 1.29 is 27.5 Å². The third-order valence-electron chi connectivity index (χ3n) is 4.48. The van der Waals surface area contributed by atoms with Crippen LogP contribution in [0.1, 0.15) is 41.6 Å². The van der Waals surface area contributed by atoms with Crippen LogP contribution in [0.15, 0.2) is 47.4 Å². The highest BCUT2D eigenvalue weighted by molar-refractivity contribution is 5.94. The molecule has 9 nitrogen and oxygen atoms in total. The molecule has 0 fully saturated rings. The molecule has 3 rings (SSSR count). The molecule has 33 heavy (non-hydrogen) atoms. The van der Waals surface area contributed by atoms with E-state index < -0.39 is 41.3 Å². The maximum Gasteiger partial charge on any atom is 0.416 e. The Kier molecular flexibility index (Phi) is 6.65. The first-order chi connectivity index (χ1) is 15.5. The zero-order chi connectivity index (χ0) is 24.3. The average Bonchev–Trinajstić information content (AvgIpc) is 3.20. The number of carbonyl (C=O) groups excluding carboxylic acids is 2. The largest absolute Gasteiger partial charge is 0.451 e. The normalized spacial score (nSPS) is 11.5. The predicted octanol–water partition coefficient (Wildman–Crippen LogP) is 3.13. The summed E-state index contributed by atoms with van der Waals surface area (Å²) in [5.41, 5.74) is -2.18. The van der Waals surface area contributed by atoms with E-state index in [0.29, 0.717) is 5.82 Å². The van der Waals surface area contributed by atoms with Crippen LogP contribution in [0.25, 0.3) is 5.69 Å². The van der Waals surface area contributed by atoms with E-state index in [4.69, 9.17) is 4.74 Å². The highest BCUT2D eigenvalue weighted by Crippen LogP contribution is 2.30. The summed E-state index contributed by atoms with van der Waals surface area (Å²) in [4.78, 5) is 36.8. The van der Waals surface area contributed by atoms with Gasteiger partial charge in [0.1, 0.15) is 5.82 Å². The molecule has 174 valence electrons. The molecule has 0 radical (unpaired) electrons. The van der Waals surface area contributed by atoms with Gasteiger partial charge in [0.05, 0.1) is 17.4 Å². The maximum atomic E-state index is 13.0. The molecule has 0 aliphatic carbocycles. The number of carbonyl (C=O) groups is 2. The lowest BCUT2D eigenvalue weighted by molar-refractivity contribution is -0.137. The minimum Gasteiger partial charge on any atom is -0.451 e. The maximum absolute atomic E-state index is 13.0. The second kappa shape index (κ2) is 9.27. The van der Waals surface area contributed by atoms with Gasteiger partial charge >= 0.3 is 12.1 Å². The van der Waals surface area contributed by atoms with Gasteiger partial charge in [-0.15, -0.1) is 0 Å². The van der Waals surface area contributed by atoms with E-state index >= 15 is 0 Å². The van der Waals surface area contributed by atoms with Crippen molar-refractivity contribution >= 4 is 17.7 Å². The minimum absolute atomic E-state index is 0.00364. The number of alkyl halides is 3. The Morgan fingerprint density at radius 1 is 1.18 bits per heavy atom. The van der Waals surface area contributed by atoms with Gasteiger partial charge in [-0.25, -0.2) is 14.2 Å².